The summed E-state index contributed by atoms with van der Waals surface area (Å²) in [4.78, 5) is 11.4. The summed E-state index contributed by atoms with van der Waals surface area (Å²) < 4.78 is 6.68. The molecule has 0 saturated heterocycles. The molecule has 0 aliphatic heterocycles. The molecule has 0 spiro atoms. The van der Waals surface area contributed by atoms with Gasteiger partial charge in [0.1, 0.15) is 0 Å². The average Bonchev–Trinajstić information content (AvgIpc) is 2.95. The molecule has 88 valence electrons. The zero-order valence-electron chi connectivity index (χ0n) is 9.60. The van der Waals surface area contributed by atoms with Gasteiger partial charge in [0.2, 0.25) is 0 Å². The Balaban J connectivity index is 2.28. The van der Waals surface area contributed by atoms with E-state index in [-0.39, 0.29) is 5.97 Å². The van der Waals surface area contributed by atoms with E-state index in [0.29, 0.717) is 11.7 Å². The smallest absolute Gasteiger partial charge is 0.358 e. The van der Waals surface area contributed by atoms with Crippen LogP contribution in [-0.2, 0) is 4.74 Å². The maximum absolute atomic E-state index is 11.4. The van der Waals surface area contributed by atoms with E-state index in [1.54, 1.807) is 11.8 Å². The average molecular weight is 240 g/mol. The SMILES string of the molecule is COC(=O)c1cc(SC)n(C2CCCC2)n1. The van der Waals surface area contributed by atoms with E-state index in [0.717, 1.165) is 17.9 Å². The molecule has 1 aliphatic carbocycles. The van der Waals surface area contributed by atoms with Gasteiger partial charge in [-0.25, -0.2) is 4.79 Å². The van der Waals surface area contributed by atoms with Crippen LogP contribution in [0.3, 0.4) is 0 Å². The molecular weight excluding hydrogens is 224 g/mol. The van der Waals surface area contributed by atoms with Gasteiger partial charge in [0, 0.05) is 6.07 Å². The Labute approximate surface area is 99.4 Å². The molecule has 0 unspecified atom stereocenters. The number of thioether (sulfide) groups is 1. The molecular formula is C11H16N2O2S. The summed E-state index contributed by atoms with van der Waals surface area (Å²) >= 11 is 1.62. The fourth-order valence-corrected chi connectivity index (χ4v) is 2.75. The molecule has 1 heterocycles. The van der Waals surface area contributed by atoms with Crippen LogP contribution in [0.4, 0.5) is 0 Å². The summed E-state index contributed by atoms with van der Waals surface area (Å²) in [6, 6.07) is 2.27. The number of aromatic nitrogens is 2. The molecule has 0 bridgehead atoms. The van der Waals surface area contributed by atoms with Gasteiger partial charge in [-0.3, -0.25) is 4.68 Å². The predicted octanol–water partition coefficient (Wildman–Crippen LogP) is 2.51. The maximum atomic E-state index is 11.4. The van der Waals surface area contributed by atoms with Crippen molar-refractivity contribution in [1.82, 2.24) is 9.78 Å². The number of rotatable bonds is 3. The number of hydrogen-bond donors (Lipinski definition) is 0. The highest BCUT2D eigenvalue weighted by atomic mass is 32.2. The third kappa shape index (κ3) is 2.09. The van der Waals surface area contributed by atoms with Crippen LogP contribution in [0.1, 0.15) is 42.2 Å². The summed E-state index contributed by atoms with van der Waals surface area (Å²) in [5.41, 5.74) is 0.416. The number of methoxy groups -OCH3 is 1. The molecule has 0 radical (unpaired) electrons. The van der Waals surface area contributed by atoms with Crippen LogP contribution in [0.25, 0.3) is 0 Å². The lowest BCUT2D eigenvalue weighted by molar-refractivity contribution is 0.0592. The van der Waals surface area contributed by atoms with E-state index in [2.05, 4.69) is 9.84 Å². The Morgan fingerprint density at radius 2 is 2.25 bits per heavy atom. The molecule has 2 rings (SSSR count). The van der Waals surface area contributed by atoms with Crippen molar-refractivity contribution >= 4 is 17.7 Å². The molecule has 16 heavy (non-hydrogen) atoms. The first-order valence-corrected chi connectivity index (χ1v) is 6.70. The highest BCUT2D eigenvalue weighted by Crippen LogP contribution is 2.32. The molecule has 1 fully saturated rings. The first-order chi connectivity index (χ1) is 7.76. The molecule has 1 aliphatic rings. The van der Waals surface area contributed by atoms with E-state index in [1.807, 2.05) is 17.0 Å². The number of ether oxygens (including phenoxy) is 1. The predicted molar refractivity (Wildman–Crippen MR) is 62.9 cm³/mol. The number of nitrogens with zero attached hydrogens (tertiary/aromatic N) is 2. The standard InChI is InChI=1S/C11H16N2O2S/c1-15-11(14)9-7-10(16-2)13(12-9)8-5-3-4-6-8/h7-8H,3-6H2,1-2H3. The molecule has 0 amide bonds. The summed E-state index contributed by atoms with van der Waals surface area (Å²) in [6.07, 6.45) is 6.84. The zero-order chi connectivity index (χ0) is 11.5. The zero-order valence-corrected chi connectivity index (χ0v) is 10.4. The van der Waals surface area contributed by atoms with Crippen molar-refractivity contribution in [1.29, 1.82) is 0 Å². The van der Waals surface area contributed by atoms with Gasteiger partial charge >= 0.3 is 5.97 Å². The van der Waals surface area contributed by atoms with Crippen LogP contribution >= 0.6 is 11.8 Å². The maximum Gasteiger partial charge on any atom is 0.358 e. The van der Waals surface area contributed by atoms with Crippen molar-refractivity contribution in [3.05, 3.63) is 11.8 Å². The Hall–Kier alpha value is -0.970. The van der Waals surface area contributed by atoms with Crippen molar-refractivity contribution in [2.75, 3.05) is 13.4 Å². The van der Waals surface area contributed by atoms with Crippen LogP contribution in [0.15, 0.2) is 11.1 Å². The number of hydrogen-bond acceptors (Lipinski definition) is 4. The Bertz CT molecular complexity index is 383. The second-order valence-electron chi connectivity index (χ2n) is 3.95. The van der Waals surface area contributed by atoms with Crippen LogP contribution in [0.2, 0.25) is 0 Å². The van der Waals surface area contributed by atoms with Crippen molar-refractivity contribution in [2.45, 2.75) is 36.8 Å². The van der Waals surface area contributed by atoms with Crippen LogP contribution in [0, 0.1) is 0 Å². The molecule has 5 heteroatoms. The third-order valence-electron chi connectivity index (χ3n) is 2.98. The van der Waals surface area contributed by atoms with Crippen molar-refractivity contribution in [3.63, 3.8) is 0 Å². The lowest BCUT2D eigenvalue weighted by Crippen LogP contribution is -2.09. The third-order valence-corrected chi connectivity index (χ3v) is 3.70. The quantitative estimate of drug-likeness (QED) is 0.601. The van der Waals surface area contributed by atoms with Crippen molar-refractivity contribution in [2.24, 2.45) is 0 Å². The van der Waals surface area contributed by atoms with Gasteiger partial charge in [-0.2, -0.15) is 5.10 Å². The minimum absolute atomic E-state index is 0.355. The molecule has 4 nitrogen and oxygen atoms in total. The molecule has 0 N–H and O–H groups in total. The van der Waals surface area contributed by atoms with E-state index in [9.17, 15) is 4.79 Å². The van der Waals surface area contributed by atoms with E-state index < -0.39 is 0 Å². The summed E-state index contributed by atoms with van der Waals surface area (Å²) in [5.74, 6) is -0.355. The normalized spacial score (nSPS) is 16.6. The minimum atomic E-state index is -0.355. The summed E-state index contributed by atoms with van der Waals surface area (Å²) in [6.45, 7) is 0. The molecule has 1 saturated carbocycles. The first-order valence-electron chi connectivity index (χ1n) is 5.48. The second kappa shape index (κ2) is 4.91. The number of esters is 1. The lowest BCUT2D eigenvalue weighted by Gasteiger charge is -2.12. The van der Waals surface area contributed by atoms with E-state index in [4.69, 9.17) is 0 Å². The van der Waals surface area contributed by atoms with Crippen LogP contribution in [0.5, 0.6) is 0 Å². The fraction of sp³-hybridized carbons (Fsp3) is 0.636. The van der Waals surface area contributed by atoms with E-state index in [1.165, 1.54) is 20.0 Å². The van der Waals surface area contributed by atoms with Crippen molar-refractivity contribution < 1.29 is 9.53 Å². The highest BCUT2D eigenvalue weighted by Gasteiger charge is 2.22. The lowest BCUT2D eigenvalue weighted by atomic mass is 10.3. The fourth-order valence-electron chi connectivity index (χ4n) is 2.14. The van der Waals surface area contributed by atoms with Gasteiger partial charge < -0.3 is 4.74 Å². The van der Waals surface area contributed by atoms with Crippen molar-refractivity contribution in [3.8, 4) is 0 Å². The Morgan fingerprint density at radius 1 is 1.56 bits per heavy atom. The minimum Gasteiger partial charge on any atom is -0.464 e. The number of carbonyl (C=O) groups is 1. The first kappa shape index (κ1) is 11.5. The van der Waals surface area contributed by atoms with Gasteiger partial charge in [-0.15, -0.1) is 11.8 Å². The Kier molecular flexibility index (Phi) is 3.53. The van der Waals surface area contributed by atoms with Gasteiger partial charge in [-0.05, 0) is 19.1 Å². The number of carbonyl (C=O) groups excluding carboxylic acids is 1. The van der Waals surface area contributed by atoms with Gasteiger partial charge in [0.05, 0.1) is 18.2 Å². The van der Waals surface area contributed by atoms with Crippen LogP contribution in [-0.4, -0.2) is 29.1 Å². The summed E-state index contributed by atoms with van der Waals surface area (Å²) in [5, 5.41) is 5.40. The van der Waals surface area contributed by atoms with Gasteiger partial charge in [-0.1, -0.05) is 12.8 Å². The monoisotopic (exact) mass is 240 g/mol. The van der Waals surface area contributed by atoms with Crippen LogP contribution < -0.4 is 0 Å². The van der Waals surface area contributed by atoms with E-state index >= 15 is 0 Å². The topological polar surface area (TPSA) is 44.1 Å². The molecule has 0 atom stereocenters. The molecule has 0 aromatic carbocycles. The summed E-state index contributed by atoms with van der Waals surface area (Å²) in [7, 11) is 1.38. The largest absolute Gasteiger partial charge is 0.464 e. The molecule has 1 aromatic rings. The highest BCUT2D eigenvalue weighted by molar-refractivity contribution is 7.98. The van der Waals surface area contributed by atoms with Gasteiger partial charge in [0.25, 0.3) is 0 Å². The Morgan fingerprint density at radius 3 is 2.81 bits per heavy atom. The molecule has 1 aromatic heterocycles. The van der Waals surface area contributed by atoms with Gasteiger partial charge in [0.15, 0.2) is 5.69 Å². The second-order valence-corrected chi connectivity index (χ2v) is 4.77.